The van der Waals surface area contributed by atoms with E-state index in [2.05, 4.69) is 30.6 Å². The maximum Gasteiger partial charge on any atom is 0.216 e. The zero-order chi connectivity index (χ0) is 11.4. The highest BCUT2D eigenvalue weighted by Gasteiger charge is 2.04. The van der Waals surface area contributed by atoms with E-state index < -0.39 is 0 Å². The third-order valence-corrected chi connectivity index (χ3v) is 2.01. The van der Waals surface area contributed by atoms with Crippen molar-refractivity contribution in [3.05, 3.63) is 12.7 Å². The minimum atomic E-state index is -0.0468. The Hall–Kier alpha value is -2.18. The number of amides is 1. The Morgan fingerprint density at radius 1 is 1.38 bits per heavy atom. The van der Waals surface area contributed by atoms with Gasteiger partial charge in [-0.1, -0.05) is 0 Å². The highest BCUT2D eigenvalue weighted by Crippen LogP contribution is 2.13. The molecule has 0 bridgehead atoms. The Labute approximate surface area is 91.7 Å². The fourth-order valence-corrected chi connectivity index (χ4v) is 1.31. The zero-order valence-corrected chi connectivity index (χ0v) is 8.82. The first kappa shape index (κ1) is 10.3. The molecule has 0 aliphatic heterocycles. The summed E-state index contributed by atoms with van der Waals surface area (Å²) in [6.45, 7) is 2.63. The van der Waals surface area contributed by atoms with Crippen LogP contribution in [0, 0.1) is 0 Å². The minimum Gasteiger partial charge on any atom is -0.366 e. The molecular formula is C9H12N6O. The molecule has 0 aliphatic carbocycles. The lowest BCUT2D eigenvalue weighted by atomic mass is 10.4. The molecule has 0 aliphatic rings. The summed E-state index contributed by atoms with van der Waals surface area (Å²) in [7, 11) is 0. The van der Waals surface area contributed by atoms with E-state index in [-0.39, 0.29) is 5.91 Å². The van der Waals surface area contributed by atoms with E-state index in [1.807, 2.05) is 0 Å². The molecular weight excluding hydrogens is 208 g/mol. The average Bonchev–Trinajstić information content (AvgIpc) is 2.72. The molecule has 0 fully saturated rings. The number of imidazole rings is 1. The topological polar surface area (TPSA) is 95.6 Å². The highest BCUT2D eigenvalue weighted by atomic mass is 16.1. The van der Waals surface area contributed by atoms with Crippen molar-refractivity contribution >= 4 is 22.9 Å². The van der Waals surface area contributed by atoms with Gasteiger partial charge in [0.1, 0.15) is 11.8 Å². The molecule has 1 amide bonds. The first-order chi connectivity index (χ1) is 7.77. The largest absolute Gasteiger partial charge is 0.366 e. The number of hydrogen-bond donors (Lipinski definition) is 3. The van der Waals surface area contributed by atoms with Crippen molar-refractivity contribution in [3.8, 4) is 0 Å². The summed E-state index contributed by atoms with van der Waals surface area (Å²) in [4.78, 5) is 25.7. The molecule has 0 saturated carbocycles. The second kappa shape index (κ2) is 4.56. The van der Waals surface area contributed by atoms with E-state index in [0.717, 1.165) is 0 Å². The number of nitrogens with one attached hydrogen (secondary N) is 3. The van der Waals surface area contributed by atoms with Crippen LogP contribution in [0.5, 0.6) is 0 Å². The van der Waals surface area contributed by atoms with Gasteiger partial charge < -0.3 is 15.6 Å². The Morgan fingerprint density at radius 3 is 3.06 bits per heavy atom. The average molecular weight is 220 g/mol. The fraction of sp³-hybridized carbons (Fsp3) is 0.333. The molecule has 0 saturated heterocycles. The number of aromatic nitrogens is 4. The quantitative estimate of drug-likeness (QED) is 0.625. The van der Waals surface area contributed by atoms with Crippen molar-refractivity contribution in [2.45, 2.75) is 6.92 Å². The van der Waals surface area contributed by atoms with Gasteiger partial charge in [-0.2, -0.15) is 0 Å². The lowest BCUT2D eigenvalue weighted by Crippen LogP contribution is -2.26. The molecule has 2 aromatic heterocycles. The van der Waals surface area contributed by atoms with E-state index >= 15 is 0 Å². The van der Waals surface area contributed by atoms with Crippen LogP contribution in [0.2, 0.25) is 0 Å². The van der Waals surface area contributed by atoms with Gasteiger partial charge in [-0.3, -0.25) is 4.79 Å². The summed E-state index contributed by atoms with van der Waals surface area (Å²) in [5, 5.41) is 5.77. The van der Waals surface area contributed by atoms with Crippen molar-refractivity contribution < 1.29 is 4.79 Å². The Kier molecular flexibility index (Phi) is 2.95. The molecule has 3 N–H and O–H groups in total. The first-order valence-electron chi connectivity index (χ1n) is 4.90. The predicted octanol–water partition coefficient (Wildman–Crippen LogP) is -0.0991. The SMILES string of the molecule is CC(=O)NCCNc1ncnc2[nH]cnc12. The van der Waals surface area contributed by atoms with Crippen LogP contribution < -0.4 is 10.6 Å². The van der Waals surface area contributed by atoms with E-state index in [1.54, 1.807) is 6.33 Å². The standard InChI is InChI=1S/C9H12N6O/c1-6(16)10-2-3-11-8-7-9(13-4-12-7)15-5-14-8/h4-5H,2-3H2,1H3,(H,10,16)(H2,11,12,13,14,15). The summed E-state index contributed by atoms with van der Waals surface area (Å²) in [5.74, 6) is 0.617. The number of carbonyl (C=O) groups excluding carboxylic acids is 1. The number of anilines is 1. The van der Waals surface area contributed by atoms with Gasteiger partial charge in [0.15, 0.2) is 11.5 Å². The zero-order valence-electron chi connectivity index (χ0n) is 8.82. The third-order valence-electron chi connectivity index (χ3n) is 2.01. The summed E-state index contributed by atoms with van der Waals surface area (Å²) in [6.07, 6.45) is 3.03. The second-order valence-electron chi connectivity index (χ2n) is 3.23. The Balaban J connectivity index is 1.98. The summed E-state index contributed by atoms with van der Waals surface area (Å²) in [5.41, 5.74) is 1.39. The van der Waals surface area contributed by atoms with Gasteiger partial charge in [0.2, 0.25) is 5.91 Å². The number of H-pyrrole nitrogens is 1. The van der Waals surface area contributed by atoms with Crippen LogP contribution in [0.15, 0.2) is 12.7 Å². The Bertz CT molecular complexity index is 493. The summed E-state index contributed by atoms with van der Waals surface area (Å²) < 4.78 is 0. The first-order valence-corrected chi connectivity index (χ1v) is 4.90. The number of nitrogens with zero attached hydrogens (tertiary/aromatic N) is 3. The molecule has 2 heterocycles. The maximum atomic E-state index is 10.6. The molecule has 0 radical (unpaired) electrons. The molecule has 0 aromatic carbocycles. The molecule has 16 heavy (non-hydrogen) atoms. The van der Waals surface area contributed by atoms with Crippen LogP contribution in [0.25, 0.3) is 11.2 Å². The van der Waals surface area contributed by atoms with Crippen molar-refractivity contribution in [2.24, 2.45) is 0 Å². The second-order valence-corrected chi connectivity index (χ2v) is 3.23. The van der Waals surface area contributed by atoms with Gasteiger partial charge in [0, 0.05) is 20.0 Å². The number of rotatable bonds is 4. The van der Waals surface area contributed by atoms with E-state index in [1.165, 1.54) is 13.3 Å². The number of carbonyl (C=O) groups is 1. The molecule has 84 valence electrons. The highest BCUT2D eigenvalue weighted by molar-refractivity contribution is 5.81. The minimum absolute atomic E-state index is 0.0468. The van der Waals surface area contributed by atoms with Crippen LogP contribution in [0.4, 0.5) is 5.82 Å². The van der Waals surface area contributed by atoms with Crippen LogP contribution in [-0.2, 0) is 4.79 Å². The van der Waals surface area contributed by atoms with Crippen LogP contribution >= 0.6 is 0 Å². The molecule has 2 rings (SSSR count). The van der Waals surface area contributed by atoms with Gasteiger partial charge in [-0.25, -0.2) is 15.0 Å². The lowest BCUT2D eigenvalue weighted by Gasteiger charge is -2.05. The predicted molar refractivity (Wildman–Crippen MR) is 58.9 cm³/mol. The van der Waals surface area contributed by atoms with E-state index in [0.29, 0.717) is 30.1 Å². The van der Waals surface area contributed by atoms with Crippen LogP contribution in [-0.4, -0.2) is 38.9 Å². The number of aromatic amines is 1. The third kappa shape index (κ3) is 2.25. The maximum absolute atomic E-state index is 10.6. The number of fused-ring (bicyclic) bond motifs is 1. The lowest BCUT2D eigenvalue weighted by molar-refractivity contribution is -0.118. The van der Waals surface area contributed by atoms with Gasteiger partial charge in [0.05, 0.1) is 6.33 Å². The summed E-state index contributed by atoms with van der Waals surface area (Å²) in [6, 6.07) is 0. The van der Waals surface area contributed by atoms with Crippen LogP contribution in [0.3, 0.4) is 0 Å². The molecule has 0 atom stereocenters. The van der Waals surface area contributed by atoms with E-state index in [4.69, 9.17) is 0 Å². The van der Waals surface area contributed by atoms with E-state index in [9.17, 15) is 4.79 Å². The Morgan fingerprint density at radius 2 is 2.25 bits per heavy atom. The van der Waals surface area contributed by atoms with Gasteiger partial charge in [0.25, 0.3) is 0 Å². The van der Waals surface area contributed by atoms with Gasteiger partial charge >= 0.3 is 0 Å². The fourth-order valence-electron chi connectivity index (χ4n) is 1.31. The molecule has 2 aromatic rings. The normalized spacial score (nSPS) is 10.3. The molecule has 0 spiro atoms. The number of hydrogen-bond acceptors (Lipinski definition) is 5. The van der Waals surface area contributed by atoms with Gasteiger partial charge in [-0.05, 0) is 0 Å². The van der Waals surface area contributed by atoms with Crippen molar-refractivity contribution in [2.75, 3.05) is 18.4 Å². The van der Waals surface area contributed by atoms with Crippen molar-refractivity contribution in [1.82, 2.24) is 25.3 Å². The van der Waals surface area contributed by atoms with Crippen molar-refractivity contribution in [3.63, 3.8) is 0 Å². The molecule has 7 nitrogen and oxygen atoms in total. The smallest absolute Gasteiger partial charge is 0.216 e. The van der Waals surface area contributed by atoms with Gasteiger partial charge in [-0.15, -0.1) is 0 Å². The molecule has 7 heteroatoms. The van der Waals surface area contributed by atoms with Crippen molar-refractivity contribution in [1.29, 1.82) is 0 Å². The summed E-state index contributed by atoms with van der Waals surface area (Å²) >= 11 is 0. The van der Waals surface area contributed by atoms with Crippen LogP contribution in [0.1, 0.15) is 6.92 Å². The monoisotopic (exact) mass is 220 g/mol. The molecule has 0 unspecified atom stereocenters.